The second-order valence-electron chi connectivity index (χ2n) is 4.22. The van der Waals surface area contributed by atoms with Gasteiger partial charge < -0.3 is 5.73 Å². The van der Waals surface area contributed by atoms with Gasteiger partial charge >= 0.3 is 0 Å². The van der Waals surface area contributed by atoms with E-state index in [0.29, 0.717) is 5.69 Å². The Kier molecular flexibility index (Phi) is 2.31. The predicted molar refractivity (Wildman–Crippen MR) is 49.6 cm³/mol. The van der Waals surface area contributed by atoms with Crippen LogP contribution in [0.1, 0.15) is 26.5 Å². The molecule has 1 heterocycles. The van der Waals surface area contributed by atoms with Crippen molar-refractivity contribution in [1.29, 1.82) is 0 Å². The van der Waals surface area contributed by atoms with Gasteiger partial charge in [0.15, 0.2) is 0 Å². The summed E-state index contributed by atoms with van der Waals surface area (Å²) in [5.41, 5.74) is 7.46. The Morgan fingerprint density at radius 2 is 2.08 bits per heavy atom. The second-order valence-corrected chi connectivity index (χ2v) is 4.22. The zero-order chi connectivity index (χ0) is 9.19. The summed E-state index contributed by atoms with van der Waals surface area (Å²) in [7, 11) is 0. The molecule has 0 saturated heterocycles. The Morgan fingerprint density at radius 3 is 2.58 bits per heavy atom. The summed E-state index contributed by atoms with van der Waals surface area (Å²) >= 11 is 0. The van der Waals surface area contributed by atoms with Gasteiger partial charge in [0.1, 0.15) is 0 Å². The molecule has 1 aromatic rings. The average molecular weight is 165 g/mol. The van der Waals surface area contributed by atoms with E-state index in [9.17, 15) is 0 Å². The molecule has 0 unspecified atom stereocenters. The lowest BCUT2D eigenvalue weighted by molar-refractivity contribution is 0.404. The van der Waals surface area contributed by atoms with Crippen molar-refractivity contribution >= 4 is 5.69 Å². The highest BCUT2D eigenvalue weighted by Gasteiger charge is 2.12. The smallest absolute Gasteiger partial charge is 0.0726 e. The lowest BCUT2D eigenvalue weighted by Gasteiger charge is -2.16. The number of hydrogen-bond donors (Lipinski definition) is 1. The van der Waals surface area contributed by atoms with Crippen molar-refractivity contribution < 1.29 is 0 Å². The molecule has 0 aromatic carbocycles. The minimum absolute atomic E-state index is 0.239. The van der Waals surface area contributed by atoms with Gasteiger partial charge in [-0.25, -0.2) is 0 Å². The molecule has 0 aliphatic carbocycles. The SMILES string of the molecule is CC(C)(C)Cc1cc(N)cnn1. The van der Waals surface area contributed by atoms with Gasteiger partial charge in [0, 0.05) is 0 Å². The van der Waals surface area contributed by atoms with Crippen LogP contribution in [0, 0.1) is 5.41 Å². The first-order valence-electron chi connectivity index (χ1n) is 4.04. The maximum Gasteiger partial charge on any atom is 0.0726 e. The Hall–Kier alpha value is -1.12. The number of aromatic nitrogens is 2. The molecule has 0 radical (unpaired) electrons. The van der Waals surface area contributed by atoms with Crippen LogP contribution in [0.15, 0.2) is 12.3 Å². The second kappa shape index (κ2) is 3.09. The number of anilines is 1. The molecule has 0 atom stereocenters. The zero-order valence-electron chi connectivity index (χ0n) is 7.83. The highest BCUT2D eigenvalue weighted by atomic mass is 15.1. The van der Waals surface area contributed by atoms with Gasteiger partial charge in [0.2, 0.25) is 0 Å². The Morgan fingerprint density at radius 1 is 1.42 bits per heavy atom. The van der Waals surface area contributed by atoms with Crippen LogP contribution >= 0.6 is 0 Å². The largest absolute Gasteiger partial charge is 0.397 e. The van der Waals surface area contributed by atoms with Crippen LogP contribution < -0.4 is 5.73 Å². The van der Waals surface area contributed by atoms with Crippen molar-refractivity contribution in [2.45, 2.75) is 27.2 Å². The molecule has 0 bridgehead atoms. The van der Waals surface area contributed by atoms with E-state index in [0.717, 1.165) is 12.1 Å². The maximum absolute atomic E-state index is 5.57. The average Bonchev–Trinajstić information content (AvgIpc) is 1.82. The third kappa shape index (κ3) is 2.86. The number of hydrogen-bond acceptors (Lipinski definition) is 3. The summed E-state index contributed by atoms with van der Waals surface area (Å²) in [6, 6.07) is 1.87. The first-order chi connectivity index (χ1) is 5.47. The molecule has 1 aromatic heterocycles. The quantitative estimate of drug-likeness (QED) is 0.688. The molecule has 66 valence electrons. The lowest BCUT2D eigenvalue weighted by Crippen LogP contribution is -2.11. The van der Waals surface area contributed by atoms with Crippen LogP contribution in [0.3, 0.4) is 0 Å². The number of rotatable bonds is 1. The van der Waals surface area contributed by atoms with E-state index < -0.39 is 0 Å². The fourth-order valence-corrected chi connectivity index (χ4v) is 1.06. The molecule has 3 nitrogen and oxygen atoms in total. The summed E-state index contributed by atoms with van der Waals surface area (Å²) in [6.45, 7) is 6.49. The van der Waals surface area contributed by atoms with E-state index in [1.807, 2.05) is 6.07 Å². The Labute approximate surface area is 73.0 Å². The molecule has 0 fully saturated rings. The molecule has 0 aliphatic heterocycles. The minimum atomic E-state index is 0.239. The number of nitrogens with two attached hydrogens (primary N) is 1. The molecule has 1 rings (SSSR count). The van der Waals surface area contributed by atoms with Crippen LogP contribution in [0.5, 0.6) is 0 Å². The van der Waals surface area contributed by atoms with E-state index in [1.54, 1.807) is 6.20 Å². The summed E-state index contributed by atoms with van der Waals surface area (Å²) in [5, 5.41) is 7.79. The first kappa shape index (κ1) is 8.97. The first-order valence-corrected chi connectivity index (χ1v) is 4.04. The molecule has 12 heavy (non-hydrogen) atoms. The van der Waals surface area contributed by atoms with Crippen LogP contribution in [0.4, 0.5) is 5.69 Å². The number of nitrogens with zero attached hydrogens (tertiary/aromatic N) is 2. The standard InChI is InChI=1S/C9H15N3/c1-9(2,3)5-8-4-7(10)6-11-12-8/h4,6H,5H2,1-3H3,(H2,10,12). The van der Waals surface area contributed by atoms with Gasteiger partial charge in [-0.1, -0.05) is 20.8 Å². The molecular formula is C9H15N3. The van der Waals surface area contributed by atoms with Crippen molar-refractivity contribution in [3.63, 3.8) is 0 Å². The van der Waals surface area contributed by atoms with E-state index in [2.05, 4.69) is 31.0 Å². The van der Waals surface area contributed by atoms with Gasteiger partial charge in [-0.15, -0.1) is 0 Å². The molecule has 0 amide bonds. The van der Waals surface area contributed by atoms with Gasteiger partial charge in [-0.3, -0.25) is 0 Å². The van der Waals surface area contributed by atoms with Crippen LogP contribution in [-0.4, -0.2) is 10.2 Å². The molecule has 2 N–H and O–H groups in total. The van der Waals surface area contributed by atoms with Crippen molar-refractivity contribution in [3.05, 3.63) is 18.0 Å². The van der Waals surface area contributed by atoms with Gasteiger partial charge in [0.25, 0.3) is 0 Å². The van der Waals surface area contributed by atoms with Crippen LogP contribution in [-0.2, 0) is 6.42 Å². The monoisotopic (exact) mass is 165 g/mol. The Balaban J connectivity index is 2.77. The fraction of sp³-hybridized carbons (Fsp3) is 0.556. The maximum atomic E-state index is 5.57. The van der Waals surface area contributed by atoms with Gasteiger partial charge in [-0.05, 0) is 17.9 Å². The van der Waals surface area contributed by atoms with E-state index in [4.69, 9.17) is 5.73 Å². The third-order valence-electron chi connectivity index (χ3n) is 1.44. The van der Waals surface area contributed by atoms with Gasteiger partial charge in [0.05, 0.1) is 17.6 Å². The van der Waals surface area contributed by atoms with E-state index in [1.165, 1.54) is 0 Å². The van der Waals surface area contributed by atoms with Crippen molar-refractivity contribution in [1.82, 2.24) is 10.2 Å². The summed E-state index contributed by atoms with van der Waals surface area (Å²) in [4.78, 5) is 0. The highest BCUT2D eigenvalue weighted by molar-refractivity contribution is 5.34. The zero-order valence-corrected chi connectivity index (χ0v) is 7.83. The fourth-order valence-electron chi connectivity index (χ4n) is 1.06. The van der Waals surface area contributed by atoms with Crippen molar-refractivity contribution in [2.75, 3.05) is 5.73 Å². The third-order valence-corrected chi connectivity index (χ3v) is 1.44. The number of nitrogen functional groups attached to an aromatic ring is 1. The summed E-state index contributed by atoms with van der Waals surface area (Å²) in [6.07, 6.45) is 2.47. The molecule has 0 aliphatic rings. The predicted octanol–water partition coefficient (Wildman–Crippen LogP) is 1.65. The van der Waals surface area contributed by atoms with E-state index >= 15 is 0 Å². The van der Waals surface area contributed by atoms with Crippen molar-refractivity contribution in [3.8, 4) is 0 Å². The highest BCUT2D eigenvalue weighted by Crippen LogP contribution is 2.19. The molecule has 3 heteroatoms. The van der Waals surface area contributed by atoms with E-state index in [-0.39, 0.29) is 5.41 Å². The normalized spacial score (nSPS) is 11.6. The molecule has 0 spiro atoms. The summed E-state index contributed by atoms with van der Waals surface area (Å²) < 4.78 is 0. The van der Waals surface area contributed by atoms with Crippen LogP contribution in [0.25, 0.3) is 0 Å². The van der Waals surface area contributed by atoms with Gasteiger partial charge in [-0.2, -0.15) is 10.2 Å². The topological polar surface area (TPSA) is 51.8 Å². The lowest BCUT2D eigenvalue weighted by atomic mass is 9.90. The van der Waals surface area contributed by atoms with Crippen molar-refractivity contribution in [2.24, 2.45) is 5.41 Å². The minimum Gasteiger partial charge on any atom is -0.397 e. The Bertz CT molecular complexity index is 263. The van der Waals surface area contributed by atoms with Crippen LogP contribution in [0.2, 0.25) is 0 Å². The molecule has 0 saturated carbocycles. The molecular weight excluding hydrogens is 150 g/mol. The summed E-state index contributed by atoms with van der Waals surface area (Å²) in [5.74, 6) is 0.